The number of fused-ring (bicyclic) bond motifs is 1. The van der Waals surface area contributed by atoms with Crippen LogP contribution >= 0.6 is 0 Å². The molecule has 4 N–H and O–H groups in total. The molecule has 0 saturated carbocycles. The molecule has 0 bridgehead atoms. The maximum absolute atomic E-state index is 5.92. The van der Waals surface area contributed by atoms with Crippen LogP contribution in [0.25, 0.3) is 21.9 Å². The van der Waals surface area contributed by atoms with E-state index in [0.29, 0.717) is 12.5 Å². The molecular formula is C19H21N3. The van der Waals surface area contributed by atoms with Gasteiger partial charge in [0.05, 0.1) is 5.69 Å². The summed E-state index contributed by atoms with van der Waals surface area (Å²) in [5.41, 5.74) is 17.0. The van der Waals surface area contributed by atoms with Crippen molar-refractivity contribution in [3.63, 3.8) is 0 Å². The van der Waals surface area contributed by atoms with E-state index >= 15 is 0 Å². The second kappa shape index (κ2) is 5.78. The minimum Gasteiger partial charge on any atom is -0.399 e. The van der Waals surface area contributed by atoms with E-state index in [1.165, 1.54) is 10.9 Å². The molecule has 0 unspecified atom stereocenters. The number of nitrogens with zero attached hydrogens (tertiary/aromatic N) is 1. The lowest BCUT2D eigenvalue weighted by Crippen LogP contribution is -2.02. The molecule has 1 aromatic heterocycles. The maximum Gasteiger partial charge on any atom is 0.0618 e. The molecule has 0 radical (unpaired) electrons. The summed E-state index contributed by atoms with van der Waals surface area (Å²) in [7, 11) is 0. The third-order valence-corrected chi connectivity index (χ3v) is 4.05. The Hall–Kier alpha value is -2.39. The second-order valence-electron chi connectivity index (χ2n) is 5.91. The Morgan fingerprint density at radius 1 is 1.05 bits per heavy atom. The lowest BCUT2D eigenvalue weighted by atomic mass is 9.94. The van der Waals surface area contributed by atoms with Gasteiger partial charge in [-0.15, -0.1) is 0 Å². The molecule has 0 amide bonds. The van der Waals surface area contributed by atoms with E-state index in [9.17, 15) is 0 Å². The first-order valence-corrected chi connectivity index (χ1v) is 7.57. The summed E-state index contributed by atoms with van der Waals surface area (Å²) in [6.07, 6.45) is 1.90. The largest absolute Gasteiger partial charge is 0.399 e. The fourth-order valence-electron chi connectivity index (χ4n) is 2.78. The summed E-state index contributed by atoms with van der Waals surface area (Å²) in [6, 6.07) is 14.5. The van der Waals surface area contributed by atoms with Crippen LogP contribution < -0.4 is 11.5 Å². The zero-order valence-electron chi connectivity index (χ0n) is 13.0. The molecule has 3 rings (SSSR count). The van der Waals surface area contributed by atoms with Gasteiger partial charge in [0.1, 0.15) is 0 Å². The third kappa shape index (κ3) is 2.55. The van der Waals surface area contributed by atoms with E-state index in [2.05, 4.69) is 43.1 Å². The van der Waals surface area contributed by atoms with Crippen molar-refractivity contribution in [2.24, 2.45) is 5.73 Å². The van der Waals surface area contributed by atoms with Crippen molar-refractivity contribution in [2.45, 2.75) is 26.3 Å². The molecule has 0 fully saturated rings. The molecule has 0 aliphatic carbocycles. The standard InChI is InChI=1S/C19H21N3/c1-12(2)13-6-7-16-17(9-13)19(10-20)22-11-18(16)14-4-3-5-15(21)8-14/h3-9,11-12H,10,20-21H2,1-2H3. The lowest BCUT2D eigenvalue weighted by Gasteiger charge is -2.13. The number of anilines is 1. The van der Waals surface area contributed by atoms with Crippen molar-refractivity contribution in [1.82, 2.24) is 4.98 Å². The summed E-state index contributed by atoms with van der Waals surface area (Å²) >= 11 is 0. The summed E-state index contributed by atoms with van der Waals surface area (Å²) in [4.78, 5) is 4.57. The summed E-state index contributed by atoms with van der Waals surface area (Å²) in [5.74, 6) is 0.478. The predicted molar refractivity (Wildman–Crippen MR) is 93.6 cm³/mol. The van der Waals surface area contributed by atoms with Gasteiger partial charge in [0.15, 0.2) is 0 Å². The highest BCUT2D eigenvalue weighted by Crippen LogP contribution is 2.32. The van der Waals surface area contributed by atoms with Gasteiger partial charge in [-0.3, -0.25) is 4.98 Å². The molecule has 0 aliphatic heterocycles. The van der Waals surface area contributed by atoms with E-state index in [1.807, 2.05) is 24.4 Å². The first kappa shape index (κ1) is 14.5. The zero-order chi connectivity index (χ0) is 15.7. The van der Waals surface area contributed by atoms with Crippen LogP contribution in [-0.4, -0.2) is 4.98 Å². The SMILES string of the molecule is CC(C)c1ccc2c(-c3cccc(N)c3)cnc(CN)c2c1. The molecule has 1 heterocycles. The van der Waals surface area contributed by atoms with Gasteiger partial charge in [-0.2, -0.15) is 0 Å². The van der Waals surface area contributed by atoms with Gasteiger partial charge in [0, 0.05) is 29.4 Å². The minimum atomic E-state index is 0.440. The smallest absolute Gasteiger partial charge is 0.0618 e. The van der Waals surface area contributed by atoms with Gasteiger partial charge < -0.3 is 11.5 Å². The first-order valence-electron chi connectivity index (χ1n) is 7.57. The Bertz CT molecular complexity index is 822. The molecule has 3 nitrogen and oxygen atoms in total. The second-order valence-corrected chi connectivity index (χ2v) is 5.91. The Labute approximate surface area is 131 Å². The van der Waals surface area contributed by atoms with E-state index in [-0.39, 0.29) is 0 Å². The highest BCUT2D eigenvalue weighted by atomic mass is 14.7. The Morgan fingerprint density at radius 3 is 2.55 bits per heavy atom. The highest BCUT2D eigenvalue weighted by Gasteiger charge is 2.10. The molecule has 0 atom stereocenters. The van der Waals surface area contributed by atoms with Gasteiger partial charge in [0.2, 0.25) is 0 Å². The molecular weight excluding hydrogens is 270 g/mol. The summed E-state index contributed by atoms with van der Waals surface area (Å²) < 4.78 is 0. The predicted octanol–water partition coefficient (Wildman–Crippen LogP) is 4.07. The van der Waals surface area contributed by atoms with Crippen molar-refractivity contribution >= 4 is 16.5 Å². The highest BCUT2D eigenvalue weighted by molar-refractivity contribution is 5.98. The zero-order valence-corrected chi connectivity index (χ0v) is 13.0. The van der Waals surface area contributed by atoms with Crippen LogP contribution in [0, 0.1) is 0 Å². The molecule has 3 heteroatoms. The summed E-state index contributed by atoms with van der Waals surface area (Å²) in [5, 5.41) is 2.30. The number of nitrogen functional groups attached to an aromatic ring is 1. The van der Waals surface area contributed by atoms with Gasteiger partial charge >= 0.3 is 0 Å². The van der Waals surface area contributed by atoms with Crippen molar-refractivity contribution in [2.75, 3.05) is 5.73 Å². The Kier molecular flexibility index (Phi) is 3.82. The Morgan fingerprint density at radius 2 is 1.86 bits per heavy atom. The van der Waals surface area contributed by atoms with Gasteiger partial charge in [-0.05, 0) is 40.6 Å². The van der Waals surface area contributed by atoms with Crippen LogP contribution in [0.1, 0.15) is 31.0 Å². The van der Waals surface area contributed by atoms with Gasteiger partial charge in [0.25, 0.3) is 0 Å². The first-order chi connectivity index (χ1) is 10.6. The molecule has 0 saturated heterocycles. The van der Waals surface area contributed by atoms with Gasteiger partial charge in [-0.1, -0.05) is 38.1 Å². The number of rotatable bonds is 3. The number of benzene rings is 2. The average molecular weight is 291 g/mol. The van der Waals surface area contributed by atoms with Gasteiger partial charge in [-0.25, -0.2) is 0 Å². The molecule has 0 spiro atoms. The van der Waals surface area contributed by atoms with E-state index in [0.717, 1.165) is 27.9 Å². The van der Waals surface area contributed by atoms with Crippen molar-refractivity contribution in [3.8, 4) is 11.1 Å². The van der Waals surface area contributed by atoms with Crippen LogP contribution in [0.5, 0.6) is 0 Å². The monoisotopic (exact) mass is 291 g/mol. The quantitative estimate of drug-likeness (QED) is 0.715. The molecule has 0 aliphatic rings. The van der Waals surface area contributed by atoms with Crippen LogP contribution in [0.2, 0.25) is 0 Å². The molecule has 22 heavy (non-hydrogen) atoms. The number of hydrogen-bond donors (Lipinski definition) is 2. The Balaban J connectivity index is 2.29. The topological polar surface area (TPSA) is 64.9 Å². The fourth-order valence-corrected chi connectivity index (χ4v) is 2.78. The van der Waals surface area contributed by atoms with Crippen LogP contribution in [0.15, 0.2) is 48.7 Å². The van der Waals surface area contributed by atoms with Crippen molar-refractivity contribution < 1.29 is 0 Å². The normalized spacial score (nSPS) is 11.3. The molecule has 112 valence electrons. The van der Waals surface area contributed by atoms with Crippen LogP contribution in [0.3, 0.4) is 0 Å². The summed E-state index contributed by atoms with van der Waals surface area (Å²) in [6.45, 7) is 4.83. The third-order valence-electron chi connectivity index (χ3n) is 4.05. The van der Waals surface area contributed by atoms with E-state index in [4.69, 9.17) is 11.5 Å². The maximum atomic E-state index is 5.92. The van der Waals surface area contributed by atoms with Crippen molar-refractivity contribution in [1.29, 1.82) is 0 Å². The van der Waals surface area contributed by atoms with Crippen LogP contribution in [-0.2, 0) is 6.54 Å². The fraction of sp³-hybridized carbons (Fsp3) is 0.211. The number of nitrogens with two attached hydrogens (primary N) is 2. The molecule has 3 aromatic rings. The number of pyridine rings is 1. The minimum absolute atomic E-state index is 0.440. The van der Waals surface area contributed by atoms with Crippen LogP contribution in [0.4, 0.5) is 5.69 Å². The average Bonchev–Trinajstić information content (AvgIpc) is 2.53. The van der Waals surface area contributed by atoms with Crippen molar-refractivity contribution in [3.05, 3.63) is 59.9 Å². The molecule has 2 aromatic carbocycles. The number of hydrogen-bond acceptors (Lipinski definition) is 3. The number of aromatic nitrogens is 1. The van der Waals surface area contributed by atoms with E-state index < -0.39 is 0 Å². The lowest BCUT2D eigenvalue weighted by molar-refractivity contribution is 0.868. The van der Waals surface area contributed by atoms with E-state index in [1.54, 1.807) is 0 Å².